The first kappa shape index (κ1) is 11.9. The monoisotopic (exact) mass is 215 g/mol. The Bertz CT molecular complexity index is 262. The van der Waals surface area contributed by atoms with E-state index in [1.807, 2.05) is 0 Å². The van der Waals surface area contributed by atoms with Gasteiger partial charge >= 0.3 is 6.09 Å². The third-order valence-electron chi connectivity index (χ3n) is 2.08. The molecule has 1 fully saturated rings. The van der Waals surface area contributed by atoms with E-state index in [1.54, 1.807) is 20.8 Å². The molecule has 6 heteroatoms. The van der Waals surface area contributed by atoms with Crippen LogP contribution in [0.15, 0.2) is 5.11 Å². The smallest absolute Gasteiger partial charge is 0.410 e. The van der Waals surface area contributed by atoms with Crippen LogP contribution < -0.4 is 0 Å². The number of likely N-dealkylation sites (tertiary alicyclic amines) is 1. The number of nitrogens with one attached hydrogen (secondary N) is 1. The maximum absolute atomic E-state index is 11.6. The number of carbonyl (C=O) groups is 1. The lowest BCUT2D eigenvalue weighted by atomic mass is 10.2. The summed E-state index contributed by atoms with van der Waals surface area (Å²) in [6.45, 7) is 5.78. The van der Waals surface area contributed by atoms with Gasteiger partial charge in [0.05, 0.1) is 19.2 Å². The standard InChI is InChI=1S/C9H17N3O3/c1-9(2,3)15-8(14)12-4-6(11-10)7(13)5-12/h6-7,10,13H,4-5H2,1-3H3. The Morgan fingerprint density at radius 2 is 2.13 bits per heavy atom. The fraction of sp³-hybridized carbons (Fsp3) is 0.889. The van der Waals surface area contributed by atoms with Gasteiger partial charge in [0.25, 0.3) is 0 Å². The summed E-state index contributed by atoms with van der Waals surface area (Å²) >= 11 is 0. The number of ether oxygens (including phenoxy) is 1. The second-order valence-electron chi connectivity index (χ2n) is 4.65. The highest BCUT2D eigenvalue weighted by molar-refractivity contribution is 5.68. The Labute approximate surface area is 88.7 Å². The van der Waals surface area contributed by atoms with Crippen LogP contribution in [0.2, 0.25) is 0 Å². The number of nitrogens with zero attached hydrogens (tertiary/aromatic N) is 2. The minimum atomic E-state index is -0.755. The molecule has 0 bridgehead atoms. The minimum absolute atomic E-state index is 0.183. The first-order valence-electron chi connectivity index (χ1n) is 4.86. The molecule has 1 aliphatic rings. The third-order valence-corrected chi connectivity index (χ3v) is 2.08. The second-order valence-corrected chi connectivity index (χ2v) is 4.65. The molecule has 0 aliphatic carbocycles. The molecule has 1 saturated heterocycles. The predicted molar refractivity (Wildman–Crippen MR) is 52.7 cm³/mol. The van der Waals surface area contributed by atoms with Crippen LogP contribution in [0.4, 0.5) is 4.79 Å². The lowest BCUT2D eigenvalue weighted by Crippen LogP contribution is -2.36. The van der Waals surface area contributed by atoms with Crippen molar-refractivity contribution in [3.63, 3.8) is 0 Å². The van der Waals surface area contributed by atoms with Gasteiger partial charge < -0.3 is 14.7 Å². The summed E-state index contributed by atoms with van der Waals surface area (Å²) in [6.07, 6.45) is -1.22. The molecule has 1 amide bonds. The van der Waals surface area contributed by atoms with Crippen molar-refractivity contribution in [3.8, 4) is 0 Å². The number of hydrogen-bond acceptors (Lipinski definition) is 5. The van der Waals surface area contributed by atoms with Crippen LogP contribution >= 0.6 is 0 Å². The van der Waals surface area contributed by atoms with Gasteiger partial charge in [-0.25, -0.2) is 10.3 Å². The van der Waals surface area contributed by atoms with Gasteiger partial charge in [0, 0.05) is 0 Å². The van der Waals surface area contributed by atoms with E-state index in [0.717, 1.165) is 0 Å². The van der Waals surface area contributed by atoms with Crippen molar-refractivity contribution in [2.45, 2.75) is 38.5 Å². The van der Waals surface area contributed by atoms with E-state index in [9.17, 15) is 9.90 Å². The summed E-state index contributed by atoms with van der Waals surface area (Å²) in [5, 5.41) is 12.7. The quantitative estimate of drug-likeness (QED) is 0.640. The lowest BCUT2D eigenvalue weighted by Gasteiger charge is -2.24. The van der Waals surface area contributed by atoms with Crippen LogP contribution in [0.3, 0.4) is 0 Å². The molecule has 0 aromatic heterocycles. The van der Waals surface area contributed by atoms with E-state index in [4.69, 9.17) is 10.3 Å². The number of aliphatic hydroxyl groups is 1. The molecule has 2 N–H and O–H groups in total. The Balaban J connectivity index is 2.53. The zero-order valence-corrected chi connectivity index (χ0v) is 9.23. The van der Waals surface area contributed by atoms with E-state index in [-0.39, 0.29) is 13.1 Å². The van der Waals surface area contributed by atoms with Crippen molar-refractivity contribution in [2.24, 2.45) is 5.11 Å². The molecular formula is C9H17N3O3. The van der Waals surface area contributed by atoms with Gasteiger partial charge in [-0.15, -0.1) is 0 Å². The molecule has 0 saturated carbocycles. The summed E-state index contributed by atoms with van der Waals surface area (Å²) in [5.74, 6) is 0. The third kappa shape index (κ3) is 3.16. The van der Waals surface area contributed by atoms with Crippen LogP contribution in [-0.2, 0) is 4.74 Å². The number of aliphatic hydroxyl groups excluding tert-OH is 1. The fourth-order valence-corrected chi connectivity index (χ4v) is 1.37. The van der Waals surface area contributed by atoms with Crippen molar-refractivity contribution in [1.29, 1.82) is 5.53 Å². The van der Waals surface area contributed by atoms with Gasteiger partial charge in [0.2, 0.25) is 0 Å². The van der Waals surface area contributed by atoms with Crippen LogP contribution in [-0.4, -0.2) is 46.9 Å². The SMILES string of the molecule is CC(C)(C)OC(=O)N1CC(O)C(N=N)C1. The highest BCUT2D eigenvalue weighted by atomic mass is 16.6. The van der Waals surface area contributed by atoms with Crippen LogP contribution in [0.5, 0.6) is 0 Å². The summed E-state index contributed by atoms with van der Waals surface area (Å²) in [6, 6.07) is -0.516. The van der Waals surface area contributed by atoms with E-state index in [2.05, 4.69) is 5.11 Å². The molecule has 0 radical (unpaired) electrons. The topological polar surface area (TPSA) is 86.0 Å². The molecule has 15 heavy (non-hydrogen) atoms. The Kier molecular flexibility index (Phi) is 3.28. The second kappa shape index (κ2) is 4.14. The van der Waals surface area contributed by atoms with E-state index in [1.165, 1.54) is 4.90 Å². The minimum Gasteiger partial charge on any atom is -0.444 e. The van der Waals surface area contributed by atoms with E-state index >= 15 is 0 Å². The molecule has 2 unspecified atom stereocenters. The fourth-order valence-electron chi connectivity index (χ4n) is 1.37. The molecular weight excluding hydrogens is 198 g/mol. The molecule has 1 rings (SSSR count). The summed E-state index contributed by atoms with van der Waals surface area (Å²) < 4.78 is 5.14. The number of hydrogen-bond donors (Lipinski definition) is 2. The number of amides is 1. The molecule has 6 nitrogen and oxygen atoms in total. The van der Waals surface area contributed by atoms with Gasteiger partial charge in [-0.05, 0) is 20.8 Å². The first-order valence-corrected chi connectivity index (χ1v) is 4.86. The van der Waals surface area contributed by atoms with Crippen molar-refractivity contribution in [2.75, 3.05) is 13.1 Å². The van der Waals surface area contributed by atoms with Crippen molar-refractivity contribution in [3.05, 3.63) is 0 Å². The van der Waals surface area contributed by atoms with Gasteiger partial charge in [0.15, 0.2) is 0 Å². The van der Waals surface area contributed by atoms with Crippen molar-refractivity contribution >= 4 is 6.09 Å². The average molecular weight is 215 g/mol. The predicted octanol–water partition coefficient (Wildman–Crippen LogP) is 0.998. The molecule has 0 aromatic carbocycles. The van der Waals surface area contributed by atoms with Gasteiger partial charge in [0.1, 0.15) is 11.6 Å². The Morgan fingerprint density at radius 3 is 2.53 bits per heavy atom. The summed E-state index contributed by atoms with van der Waals surface area (Å²) in [4.78, 5) is 12.9. The van der Waals surface area contributed by atoms with Crippen molar-refractivity contribution < 1.29 is 14.6 Å². The molecule has 86 valence electrons. The number of carbonyl (C=O) groups excluding carboxylic acids is 1. The van der Waals surface area contributed by atoms with E-state index in [0.29, 0.717) is 0 Å². The largest absolute Gasteiger partial charge is 0.444 e. The number of rotatable bonds is 1. The zero-order chi connectivity index (χ0) is 11.6. The lowest BCUT2D eigenvalue weighted by molar-refractivity contribution is 0.0270. The molecule has 0 spiro atoms. The highest BCUT2D eigenvalue weighted by Crippen LogP contribution is 2.17. The molecule has 1 heterocycles. The molecule has 1 aliphatic heterocycles. The zero-order valence-electron chi connectivity index (χ0n) is 9.23. The Morgan fingerprint density at radius 1 is 1.53 bits per heavy atom. The van der Waals surface area contributed by atoms with Gasteiger partial charge in [-0.1, -0.05) is 0 Å². The number of β-amino-alcohol motifs (C(OH)–C–C–N with tert-alkyl or cyclic N) is 1. The van der Waals surface area contributed by atoms with Crippen LogP contribution in [0.25, 0.3) is 0 Å². The van der Waals surface area contributed by atoms with Crippen molar-refractivity contribution in [1.82, 2.24) is 4.90 Å². The molecule has 0 aromatic rings. The van der Waals surface area contributed by atoms with E-state index < -0.39 is 23.8 Å². The Hall–Kier alpha value is -1.17. The van der Waals surface area contributed by atoms with Crippen LogP contribution in [0, 0.1) is 5.53 Å². The maximum atomic E-state index is 11.6. The summed E-state index contributed by atoms with van der Waals surface area (Å²) in [5.41, 5.74) is 6.28. The highest BCUT2D eigenvalue weighted by Gasteiger charge is 2.36. The first-order chi connectivity index (χ1) is 6.83. The van der Waals surface area contributed by atoms with Gasteiger partial charge in [-0.3, -0.25) is 0 Å². The normalized spacial score (nSPS) is 26.5. The van der Waals surface area contributed by atoms with Crippen LogP contribution in [0.1, 0.15) is 20.8 Å². The van der Waals surface area contributed by atoms with Gasteiger partial charge in [-0.2, -0.15) is 5.11 Å². The molecule has 2 atom stereocenters. The maximum Gasteiger partial charge on any atom is 0.410 e. The summed E-state index contributed by atoms with van der Waals surface area (Å²) in [7, 11) is 0. The average Bonchev–Trinajstić information content (AvgIpc) is 2.43.